The van der Waals surface area contributed by atoms with Crippen LogP contribution in [0.2, 0.25) is 0 Å². The average molecular weight is 362 g/mol. The van der Waals surface area contributed by atoms with E-state index in [1.807, 2.05) is 0 Å². The molecular weight excluding hydrogens is 359 g/mol. The van der Waals surface area contributed by atoms with Crippen molar-refractivity contribution in [2.75, 3.05) is 0 Å². The molecule has 0 aliphatic heterocycles. The standard InChI is InChI=1S/C9H3F9O3S/c10-7(11,12)4-1-2-5(8(13,14)15)6(3-4)21-22(19,20)9(16,17)18/h1-3H. The second-order valence-corrected chi connectivity index (χ2v) is 5.23. The molecule has 1 aromatic carbocycles. The predicted molar refractivity (Wildman–Crippen MR) is 52.0 cm³/mol. The minimum absolute atomic E-state index is 0.0735. The fourth-order valence-electron chi connectivity index (χ4n) is 1.17. The minimum Gasteiger partial charge on any atom is -0.375 e. The first-order chi connectivity index (χ1) is 9.56. The van der Waals surface area contributed by atoms with Crippen molar-refractivity contribution in [2.24, 2.45) is 0 Å². The zero-order valence-electron chi connectivity index (χ0n) is 9.77. The summed E-state index contributed by atoms with van der Waals surface area (Å²) in [5, 5.41) is 0. The van der Waals surface area contributed by atoms with Gasteiger partial charge in [-0.1, -0.05) is 0 Å². The van der Waals surface area contributed by atoms with Crippen molar-refractivity contribution < 1.29 is 52.1 Å². The zero-order valence-corrected chi connectivity index (χ0v) is 10.6. The van der Waals surface area contributed by atoms with Crippen LogP contribution in [0.1, 0.15) is 11.1 Å². The topological polar surface area (TPSA) is 43.4 Å². The number of hydrogen-bond acceptors (Lipinski definition) is 3. The van der Waals surface area contributed by atoms with E-state index in [1.165, 1.54) is 0 Å². The molecule has 0 spiro atoms. The van der Waals surface area contributed by atoms with Crippen molar-refractivity contribution >= 4 is 10.1 Å². The lowest BCUT2D eigenvalue weighted by Crippen LogP contribution is -2.29. The highest BCUT2D eigenvalue weighted by Gasteiger charge is 2.50. The van der Waals surface area contributed by atoms with Crippen LogP contribution in [0.3, 0.4) is 0 Å². The monoisotopic (exact) mass is 362 g/mol. The van der Waals surface area contributed by atoms with E-state index in [-0.39, 0.29) is 12.1 Å². The van der Waals surface area contributed by atoms with Crippen LogP contribution in [0.4, 0.5) is 39.5 Å². The van der Waals surface area contributed by atoms with E-state index in [0.29, 0.717) is 0 Å². The van der Waals surface area contributed by atoms with Gasteiger partial charge in [-0.3, -0.25) is 0 Å². The van der Waals surface area contributed by atoms with Crippen LogP contribution in [-0.4, -0.2) is 13.9 Å². The van der Waals surface area contributed by atoms with Gasteiger partial charge in [0, 0.05) is 0 Å². The molecule has 0 fully saturated rings. The summed E-state index contributed by atoms with van der Waals surface area (Å²) in [6.45, 7) is 0. The van der Waals surface area contributed by atoms with E-state index in [2.05, 4.69) is 4.18 Å². The van der Waals surface area contributed by atoms with Crippen LogP contribution < -0.4 is 4.18 Å². The third-order valence-electron chi connectivity index (χ3n) is 2.10. The smallest absolute Gasteiger partial charge is 0.375 e. The van der Waals surface area contributed by atoms with E-state index >= 15 is 0 Å². The molecule has 0 amide bonds. The Morgan fingerprint density at radius 3 is 1.68 bits per heavy atom. The van der Waals surface area contributed by atoms with E-state index in [4.69, 9.17) is 0 Å². The highest BCUT2D eigenvalue weighted by atomic mass is 32.2. The van der Waals surface area contributed by atoms with Crippen LogP contribution >= 0.6 is 0 Å². The van der Waals surface area contributed by atoms with Gasteiger partial charge in [0.15, 0.2) is 5.75 Å². The first-order valence-electron chi connectivity index (χ1n) is 4.85. The normalized spacial score (nSPS) is 14.0. The van der Waals surface area contributed by atoms with Gasteiger partial charge < -0.3 is 4.18 Å². The van der Waals surface area contributed by atoms with Crippen molar-refractivity contribution in [3.05, 3.63) is 29.3 Å². The van der Waals surface area contributed by atoms with E-state index in [1.54, 1.807) is 0 Å². The molecule has 22 heavy (non-hydrogen) atoms. The number of alkyl halides is 9. The lowest BCUT2D eigenvalue weighted by Gasteiger charge is -2.16. The summed E-state index contributed by atoms with van der Waals surface area (Å²) >= 11 is 0. The molecule has 0 atom stereocenters. The second kappa shape index (κ2) is 5.21. The Bertz CT molecular complexity index is 654. The fourth-order valence-corrected chi connectivity index (χ4v) is 1.64. The molecule has 126 valence electrons. The second-order valence-electron chi connectivity index (χ2n) is 3.69. The Morgan fingerprint density at radius 2 is 1.32 bits per heavy atom. The lowest BCUT2D eigenvalue weighted by molar-refractivity contribution is -0.142. The first kappa shape index (κ1) is 18.4. The number of rotatable bonds is 2. The van der Waals surface area contributed by atoms with Crippen LogP contribution in [0, 0.1) is 0 Å². The molecule has 0 saturated carbocycles. The van der Waals surface area contributed by atoms with Crippen molar-refractivity contribution in [1.82, 2.24) is 0 Å². The summed E-state index contributed by atoms with van der Waals surface area (Å²) < 4.78 is 135. The van der Waals surface area contributed by atoms with Gasteiger partial charge >= 0.3 is 28.0 Å². The summed E-state index contributed by atoms with van der Waals surface area (Å²) in [6, 6.07) is -0.786. The number of hydrogen-bond donors (Lipinski definition) is 0. The van der Waals surface area contributed by atoms with Crippen molar-refractivity contribution in [3.63, 3.8) is 0 Å². The van der Waals surface area contributed by atoms with Gasteiger partial charge in [-0.2, -0.15) is 47.9 Å². The fraction of sp³-hybridized carbons (Fsp3) is 0.333. The van der Waals surface area contributed by atoms with Gasteiger partial charge in [-0.25, -0.2) is 0 Å². The van der Waals surface area contributed by atoms with E-state index in [0.717, 1.165) is 0 Å². The average Bonchev–Trinajstić information content (AvgIpc) is 2.23. The van der Waals surface area contributed by atoms with Gasteiger partial charge in [-0.05, 0) is 18.2 Å². The number of halogens is 9. The molecule has 0 aliphatic carbocycles. The summed E-state index contributed by atoms with van der Waals surface area (Å²) in [6.07, 6.45) is -10.6. The highest BCUT2D eigenvalue weighted by Crippen LogP contribution is 2.41. The number of benzene rings is 1. The molecule has 0 saturated heterocycles. The van der Waals surface area contributed by atoms with Crippen LogP contribution in [-0.2, 0) is 22.5 Å². The summed E-state index contributed by atoms with van der Waals surface area (Å²) in [5.74, 6) is -2.13. The SMILES string of the molecule is O=S(=O)(Oc1cc(C(F)(F)F)ccc1C(F)(F)F)C(F)(F)F. The molecule has 0 unspecified atom stereocenters. The Labute approximate surface area is 116 Å². The zero-order chi connectivity index (χ0) is 17.6. The summed E-state index contributed by atoms with van der Waals surface area (Å²) in [7, 11) is -6.56. The van der Waals surface area contributed by atoms with Crippen LogP contribution in [0.5, 0.6) is 5.75 Å². The molecule has 0 bridgehead atoms. The maximum Gasteiger partial charge on any atom is 0.534 e. The first-order valence-corrected chi connectivity index (χ1v) is 6.26. The van der Waals surface area contributed by atoms with Gasteiger partial charge in [0.25, 0.3) is 0 Å². The van der Waals surface area contributed by atoms with Crippen LogP contribution in [0.15, 0.2) is 18.2 Å². The molecule has 13 heteroatoms. The quantitative estimate of drug-likeness (QED) is 0.455. The van der Waals surface area contributed by atoms with Gasteiger partial charge in [0.05, 0.1) is 11.1 Å². The molecule has 1 rings (SSSR count). The van der Waals surface area contributed by atoms with Crippen molar-refractivity contribution in [1.29, 1.82) is 0 Å². The van der Waals surface area contributed by atoms with Gasteiger partial charge in [0.1, 0.15) is 0 Å². The maximum absolute atomic E-state index is 12.5. The molecule has 1 aromatic rings. The Morgan fingerprint density at radius 1 is 0.818 bits per heavy atom. The van der Waals surface area contributed by atoms with E-state index < -0.39 is 50.9 Å². The molecular formula is C9H3F9O3S. The van der Waals surface area contributed by atoms with Crippen LogP contribution in [0.25, 0.3) is 0 Å². The Balaban J connectivity index is 3.49. The molecule has 0 radical (unpaired) electrons. The van der Waals surface area contributed by atoms with Crippen molar-refractivity contribution in [2.45, 2.75) is 17.9 Å². The third-order valence-corrected chi connectivity index (χ3v) is 3.06. The van der Waals surface area contributed by atoms with Gasteiger partial charge in [-0.15, -0.1) is 0 Å². The highest BCUT2D eigenvalue weighted by molar-refractivity contribution is 7.88. The van der Waals surface area contributed by atoms with Crippen molar-refractivity contribution in [3.8, 4) is 5.75 Å². The van der Waals surface area contributed by atoms with E-state index in [9.17, 15) is 47.9 Å². The Kier molecular flexibility index (Phi) is 4.35. The molecule has 0 heterocycles. The summed E-state index contributed by atoms with van der Waals surface area (Å²) in [5.41, 5.74) is -10.0. The molecule has 3 nitrogen and oxygen atoms in total. The van der Waals surface area contributed by atoms with Gasteiger partial charge in [0.2, 0.25) is 0 Å². The largest absolute Gasteiger partial charge is 0.534 e. The predicted octanol–water partition coefficient (Wildman–Crippen LogP) is 3.95. The lowest BCUT2D eigenvalue weighted by atomic mass is 10.1. The Hall–Kier alpha value is -1.66. The maximum atomic E-state index is 12.5. The third kappa shape index (κ3) is 3.96. The minimum atomic E-state index is -6.56. The molecule has 0 N–H and O–H groups in total. The summed E-state index contributed by atoms with van der Waals surface area (Å²) in [4.78, 5) is 0. The molecule has 0 aromatic heterocycles. The molecule has 0 aliphatic rings.